The summed E-state index contributed by atoms with van der Waals surface area (Å²) in [6, 6.07) is 2.45. The maximum atomic E-state index is 13.6. The van der Waals surface area contributed by atoms with Gasteiger partial charge >= 0.3 is 0 Å². The molecule has 0 bridgehead atoms. The lowest BCUT2D eigenvalue weighted by Gasteiger charge is -2.38. The van der Waals surface area contributed by atoms with Crippen molar-refractivity contribution in [1.82, 2.24) is 9.80 Å². The second kappa shape index (κ2) is 8.92. The summed E-state index contributed by atoms with van der Waals surface area (Å²) in [5, 5.41) is 20.6. The highest BCUT2D eigenvalue weighted by Gasteiger charge is 2.37. The predicted octanol–water partition coefficient (Wildman–Crippen LogP) is -0.00150. The number of aliphatic hydroxyl groups excluding tert-OH is 2. The molecule has 2 N–H and O–H groups in total. The van der Waals surface area contributed by atoms with Crippen LogP contribution in [0.5, 0.6) is 5.75 Å². The molecule has 0 aliphatic carbocycles. The minimum Gasteiger partial charge on any atom is -0.481 e. The van der Waals surface area contributed by atoms with Crippen LogP contribution in [-0.4, -0.2) is 90.2 Å². The second-order valence-electron chi connectivity index (χ2n) is 6.77. The molecule has 3 rings (SSSR count). The van der Waals surface area contributed by atoms with Crippen LogP contribution in [-0.2, 0) is 9.53 Å². The van der Waals surface area contributed by atoms with E-state index in [1.807, 2.05) is 4.90 Å². The van der Waals surface area contributed by atoms with Crippen molar-refractivity contribution in [3.63, 3.8) is 0 Å². The average Bonchev–Trinajstić information content (AvgIpc) is 2.81. The first-order valence-corrected chi connectivity index (χ1v) is 8.99. The maximum Gasteiger partial charge on any atom is 0.260 e. The third-order valence-corrected chi connectivity index (χ3v) is 5.00. The summed E-state index contributed by atoms with van der Waals surface area (Å²) in [5.74, 6) is -2.20. The lowest BCUT2D eigenvalue weighted by Crippen LogP contribution is -2.55. The average molecular weight is 386 g/mol. The molecule has 7 nitrogen and oxygen atoms in total. The SMILES string of the molecule is O=C(COc1ccc(F)cc1F)N1CC[C@@H](O)[C@@H](O)[C@H](N2CCOCC2)C1. The minimum atomic E-state index is -0.976. The fraction of sp³-hybridized carbons (Fsp3) is 0.611. The normalized spacial score (nSPS) is 27.3. The molecule has 2 saturated heterocycles. The van der Waals surface area contributed by atoms with Gasteiger partial charge in [0.2, 0.25) is 0 Å². The lowest BCUT2D eigenvalue weighted by molar-refractivity contribution is -0.134. The van der Waals surface area contributed by atoms with Gasteiger partial charge in [0.25, 0.3) is 5.91 Å². The summed E-state index contributed by atoms with van der Waals surface area (Å²) in [4.78, 5) is 16.0. The van der Waals surface area contributed by atoms with Crippen LogP contribution in [0.15, 0.2) is 18.2 Å². The van der Waals surface area contributed by atoms with Crippen LogP contribution in [0.3, 0.4) is 0 Å². The van der Waals surface area contributed by atoms with Crippen molar-refractivity contribution in [3.05, 3.63) is 29.8 Å². The van der Waals surface area contributed by atoms with Gasteiger partial charge in [-0.25, -0.2) is 8.78 Å². The molecule has 0 unspecified atom stereocenters. The standard InChI is InChI=1S/C18H24F2N2O5/c19-12-1-2-16(13(20)9-12)27-11-17(24)22-4-3-15(23)18(25)14(10-22)21-5-7-26-8-6-21/h1-2,9,14-15,18,23,25H,3-8,10-11H2/t14-,15-,18+/m1/s1. The van der Waals surface area contributed by atoms with Gasteiger partial charge in [-0.1, -0.05) is 0 Å². The quantitative estimate of drug-likeness (QED) is 0.758. The van der Waals surface area contributed by atoms with Crippen molar-refractivity contribution in [2.24, 2.45) is 0 Å². The summed E-state index contributed by atoms with van der Waals surface area (Å²) in [7, 11) is 0. The van der Waals surface area contributed by atoms with Gasteiger partial charge in [-0.05, 0) is 18.6 Å². The Labute approximate surface area is 156 Å². The van der Waals surface area contributed by atoms with E-state index in [1.165, 1.54) is 4.90 Å². The number of hydrogen-bond donors (Lipinski definition) is 2. The van der Waals surface area contributed by atoms with E-state index in [9.17, 15) is 23.8 Å². The van der Waals surface area contributed by atoms with Crippen molar-refractivity contribution in [1.29, 1.82) is 0 Å². The molecule has 1 amide bonds. The Balaban J connectivity index is 1.64. The van der Waals surface area contributed by atoms with E-state index in [0.717, 1.165) is 12.1 Å². The summed E-state index contributed by atoms with van der Waals surface area (Å²) in [6.45, 7) is 2.34. The van der Waals surface area contributed by atoms with Crippen molar-refractivity contribution in [2.45, 2.75) is 24.7 Å². The van der Waals surface area contributed by atoms with Gasteiger partial charge in [-0.2, -0.15) is 0 Å². The summed E-state index contributed by atoms with van der Waals surface area (Å²) < 4.78 is 37.1. The Bertz CT molecular complexity index is 657. The molecule has 0 spiro atoms. The third kappa shape index (κ3) is 4.92. The highest BCUT2D eigenvalue weighted by atomic mass is 19.1. The van der Waals surface area contributed by atoms with Crippen LogP contribution in [0.25, 0.3) is 0 Å². The first-order valence-electron chi connectivity index (χ1n) is 8.99. The third-order valence-electron chi connectivity index (χ3n) is 5.00. The number of likely N-dealkylation sites (tertiary alicyclic amines) is 1. The minimum absolute atomic E-state index is 0.204. The molecule has 1 aromatic rings. The largest absolute Gasteiger partial charge is 0.481 e. The predicted molar refractivity (Wildman–Crippen MR) is 91.2 cm³/mol. The first kappa shape index (κ1) is 19.9. The van der Waals surface area contributed by atoms with Gasteiger partial charge in [-0.15, -0.1) is 0 Å². The first-order chi connectivity index (χ1) is 13.0. The number of aliphatic hydroxyl groups is 2. The van der Waals surface area contributed by atoms with Crippen LogP contribution in [0.2, 0.25) is 0 Å². The van der Waals surface area contributed by atoms with Gasteiger partial charge in [0.1, 0.15) is 5.82 Å². The van der Waals surface area contributed by atoms with E-state index < -0.39 is 42.4 Å². The smallest absolute Gasteiger partial charge is 0.260 e. The lowest BCUT2D eigenvalue weighted by atomic mass is 10.0. The van der Waals surface area contributed by atoms with Crippen LogP contribution in [0.4, 0.5) is 8.78 Å². The Hall–Kier alpha value is -1.81. The number of carbonyl (C=O) groups is 1. The van der Waals surface area contributed by atoms with E-state index in [-0.39, 0.29) is 25.3 Å². The number of amides is 1. The van der Waals surface area contributed by atoms with Crippen molar-refractivity contribution in [2.75, 3.05) is 46.0 Å². The number of rotatable bonds is 4. The summed E-state index contributed by atoms with van der Waals surface area (Å²) in [5.41, 5.74) is 0. The Morgan fingerprint density at radius 1 is 1.22 bits per heavy atom. The molecule has 1 aromatic carbocycles. The van der Waals surface area contributed by atoms with Gasteiger partial charge < -0.3 is 24.6 Å². The monoisotopic (exact) mass is 386 g/mol. The van der Waals surface area contributed by atoms with Crippen LogP contribution in [0, 0.1) is 11.6 Å². The topological polar surface area (TPSA) is 82.5 Å². The number of nitrogens with zero attached hydrogens (tertiary/aromatic N) is 2. The fourth-order valence-electron chi connectivity index (χ4n) is 3.43. The molecule has 0 aromatic heterocycles. The fourth-order valence-corrected chi connectivity index (χ4v) is 3.43. The van der Waals surface area contributed by atoms with Gasteiger partial charge in [0.05, 0.1) is 31.5 Å². The number of halogens is 2. The zero-order valence-electron chi connectivity index (χ0n) is 14.9. The number of benzene rings is 1. The molecular weight excluding hydrogens is 362 g/mol. The molecule has 3 atom stereocenters. The van der Waals surface area contributed by atoms with E-state index in [2.05, 4.69) is 0 Å². The highest BCUT2D eigenvalue weighted by Crippen LogP contribution is 2.20. The zero-order valence-corrected chi connectivity index (χ0v) is 14.9. The number of morpholine rings is 1. The second-order valence-corrected chi connectivity index (χ2v) is 6.77. The highest BCUT2D eigenvalue weighted by molar-refractivity contribution is 5.77. The van der Waals surface area contributed by atoms with Crippen molar-refractivity contribution in [3.8, 4) is 5.75 Å². The molecule has 2 fully saturated rings. The van der Waals surface area contributed by atoms with Crippen molar-refractivity contribution >= 4 is 5.91 Å². The van der Waals surface area contributed by atoms with Crippen molar-refractivity contribution < 1.29 is 33.3 Å². The maximum absolute atomic E-state index is 13.6. The molecule has 2 aliphatic rings. The Morgan fingerprint density at radius 3 is 2.67 bits per heavy atom. The molecule has 2 aliphatic heterocycles. The van der Waals surface area contributed by atoms with Crippen LogP contribution < -0.4 is 4.74 Å². The Morgan fingerprint density at radius 2 is 1.96 bits per heavy atom. The molecule has 0 saturated carbocycles. The van der Waals surface area contributed by atoms with E-state index in [1.54, 1.807) is 0 Å². The summed E-state index contributed by atoms with van der Waals surface area (Å²) in [6.07, 6.45) is -1.68. The Kier molecular flexibility index (Phi) is 6.59. The van der Waals surface area contributed by atoms with E-state index in [4.69, 9.17) is 9.47 Å². The van der Waals surface area contributed by atoms with Gasteiger partial charge in [0, 0.05) is 32.2 Å². The van der Waals surface area contributed by atoms with Gasteiger partial charge in [0.15, 0.2) is 18.2 Å². The molecule has 2 heterocycles. The molecule has 0 radical (unpaired) electrons. The molecule has 27 heavy (non-hydrogen) atoms. The molecule has 150 valence electrons. The summed E-state index contributed by atoms with van der Waals surface area (Å²) >= 11 is 0. The van der Waals surface area contributed by atoms with E-state index in [0.29, 0.717) is 32.4 Å². The van der Waals surface area contributed by atoms with E-state index >= 15 is 0 Å². The molecule has 9 heteroatoms. The number of carbonyl (C=O) groups excluding carboxylic acids is 1. The zero-order chi connectivity index (χ0) is 19.4. The van der Waals surface area contributed by atoms with Gasteiger partial charge in [-0.3, -0.25) is 9.69 Å². The van der Waals surface area contributed by atoms with Crippen LogP contribution in [0.1, 0.15) is 6.42 Å². The van der Waals surface area contributed by atoms with Crippen LogP contribution >= 0.6 is 0 Å². The molecular formula is C18H24F2N2O5. The number of hydrogen-bond acceptors (Lipinski definition) is 6. The number of ether oxygens (including phenoxy) is 2.